The highest BCUT2D eigenvalue weighted by molar-refractivity contribution is 5.21. The van der Waals surface area contributed by atoms with Crippen molar-refractivity contribution in [1.29, 1.82) is 0 Å². The normalized spacial score (nSPS) is 35.0. The molecular formula is C16H26N2O2. The van der Waals surface area contributed by atoms with E-state index in [4.69, 9.17) is 14.9 Å². The van der Waals surface area contributed by atoms with Crippen LogP contribution in [0.25, 0.3) is 0 Å². The maximum Gasteiger partial charge on any atom is 0.117 e. The number of fused-ring (bicyclic) bond motifs is 1. The molecule has 0 bridgehead atoms. The van der Waals surface area contributed by atoms with Crippen molar-refractivity contribution in [2.45, 2.75) is 45.4 Å². The molecule has 1 aromatic heterocycles. The van der Waals surface area contributed by atoms with Crippen LogP contribution in [0.5, 0.6) is 0 Å². The SMILES string of the molecule is CCN(Cc1ccco1)CC1(N)C2CCOC2C1(C)C. The molecule has 2 heterocycles. The summed E-state index contributed by atoms with van der Waals surface area (Å²) in [7, 11) is 0. The van der Waals surface area contributed by atoms with Crippen molar-refractivity contribution in [1.82, 2.24) is 4.90 Å². The molecule has 0 amide bonds. The van der Waals surface area contributed by atoms with Gasteiger partial charge in [-0.2, -0.15) is 0 Å². The Kier molecular flexibility index (Phi) is 3.43. The van der Waals surface area contributed by atoms with Gasteiger partial charge < -0.3 is 14.9 Å². The summed E-state index contributed by atoms with van der Waals surface area (Å²) in [5.74, 6) is 1.51. The molecule has 3 atom stereocenters. The Morgan fingerprint density at radius 3 is 2.90 bits per heavy atom. The molecule has 2 fully saturated rings. The molecule has 2 N–H and O–H groups in total. The van der Waals surface area contributed by atoms with Crippen LogP contribution in [0.2, 0.25) is 0 Å². The second-order valence-electron chi connectivity index (χ2n) is 6.83. The van der Waals surface area contributed by atoms with Gasteiger partial charge in [0.2, 0.25) is 0 Å². The fraction of sp³-hybridized carbons (Fsp3) is 0.750. The Labute approximate surface area is 121 Å². The van der Waals surface area contributed by atoms with E-state index in [0.717, 1.165) is 38.4 Å². The summed E-state index contributed by atoms with van der Waals surface area (Å²) >= 11 is 0. The van der Waals surface area contributed by atoms with E-state index in [1.165, 1.54) is 0 Å². The van der Waals surface area contributed by atoms with Gasteiger partial charge in [-0.1, -0.05) is 20.8 Å². The molecule has 0 radical (unpaired) electrons. The third-order valence-corrected chi connectivity index (χ3v) is 5.56. The first kappa shape index (κ1) is 14.1. The second kappa shape index (κ2) is 4.86. The Bertz CT molecular complexity index is 457. The zero-order valence-electron chi connectivity index (χ0n) is 12.8. The predicted molar refractivity (Wildman–Crippen MR) is 78.2 cm³/mol. The maximum absolute atomic E-state index is 6.82. The van der Waals surface area contributed by atoms with Gasteiger partial charge in [0.05, 0.1) is 18.9 Å². The minimum absolute atomic E-state index is 0.0464. The van der Waals surface area contributed by atoms with Crippen LogP contribution in [-0.2, 0) is 11.3 Å². The molecule has 1 aromatic rings. The van der Waals surface area contributed by atoms with Crippen molar-refractivity contribution in [3.63, 3.8) is 0 Å². The highest BCUT2D eigenvalue weighted by Gasteiger charge is 2.67. The molecule has 4 nitrogen and oxygen atoms in total. The lowest BCUT2D eigenvalue weighted by atomic mass is 9.48. The van der Waals surface area contributed by atoms with E-state index in [9.17, 15) is 0 Å². The molecule has 3 unspecified atom stereocenters. The lowest BCUT2D eigenvalue weighted by Crippen LogP contribution is -2.78. The van der Waals surface area contributed by atoms with Gasteiger partial charge in [0, 0.05) is 30.0 Å². The first-order chi connectivity index (χ1) is 9.49. The van der Waals surface area contributed by atoms with E-state index in [2.05, 4.69) is 25.7 Å². The molecule has 1 aliphatic carbocycles. The van der Waals surface area contributed by atoms with E-state index in [1.807, 2.05) is 12.1 Å². The molecular weight excluding hydrogens is 252 g/mol. The van der Waals surface area contributed by atoms with Crippen LogP contribution in [0.4, 0.5) is 0 Å². The summed E-state index contributed by atoms with van der Waals surface area (Å²) in [6, 6.07) is 3.97. The van der Waals surface area contributed by atoms with E-state index < -0.39 is 0 Å². The lowest BCUT2D eigenvalue weighted by molar-refractivity contribution is -0.163. The predicted octanol–water partition coefficient (Wildman–Crippen LogP) is 2.24. The van der Waals surface area contributed by atoms with Gasteiger partial charge >= 0.3 is 0 Å². The summed E-state index contributed by atoms with van der Waals surface area (Å²) < 4.78 is 11.3. The molecule has 0 aromatic carbocycles. The Morgan fingerprint density at radius 1 is 1.45 bits per heavy atom. The molecule has 4 heteroatoms. The lowest BCUT2D eigenvalue weighted by Gasteiger charge is -2.63. The number of hydrogen-bond acceptors (Lipinski definition) is 4. The van der Waals surface area contributed by atoms with Crippen molar-refractivity contribution in [3.05, 3.63) is 24.2 Å². The van der Waals surface area contributed by atoms with Gasteiger partial charge in [-0.25, -0.2) is 0 Å². The monoisotopic (exact) mass is 278 g/mol. The van der Waals surface area contributed by atoms with Crippen molar-refractivity contribution < 1.29 is 9.15 Å². The van der Waals surface area contributed by atoms with Crippen LogP contribution in [0, 0.1) is 11.3 Å². The number of ether oxygens (including phenoxy) is 1. The van der Waals surface area contributed by atoms with E-state index in [0.29, 0.717) is 12.0 Å². The summed E-state index contributed by atoms with van der Waals surface area (Å²) in [5, 5.41) is 0. The number of likely N-dealkylation sites (N-methyl/N-ethyl adjacent to an activating group) is 1. The Hall–Kier alpha value is -0.840. The van der Waals surface area contributed by atoms with Gasteiger partial charge in [0.25, 0.3) is 0 Å². The second-order valence-corrected chi connectivity index (χ2v) is 6.83. The third-order valence-electron chi connectivity index (χ3n) is 5.56. The fourth-order valence-corrected chi connectivity index (χ4v) is 4.07. The summed E-state index contributed by atoms with van der Waals surface area (Å²) in [4.78, 5) is 2.38. The van der Waals surface area contributed by atoms with E-state index in [1.54, 1.807) is 6.26 Å². The van der Waals surface area contributed by atoms with Crippen molar-refractivity contribution in [2.75, 3.05) is 19.7 Å². The first-order valence-electron chi connectivity index (χ1n) is 7.64. The van der Waals surface area contributed by atoms with Gasteiger partial charge in [-0.05, 0) is 25.1 Å². The van der Waals surface area contributed by atoms with Crippen LogP contribution in [-0.4, -0.2) is 36.2 Å². The highest BCUT2D eigenvalue weighted by atomic mass is 16.5. The van der Waals surface area contributed by atoms with Gasteiger partial charge in [0.1, 0.15) is 5.76 Å². The van der Waals surface area contributed by atoms with Gasteiger partial charge in [-0.15, -0.1) is 0 Å². The number of nitrogens with two attached hydrogens (primary N) is 1. The highest BCUT2D eigenvalue weighted by Crippen LogP contribution is 2.58. The average molecular weight is 278 g/mol. The zero-order chi connectivity index (χ0) is 14.4. The molecule has 2 aliphatic rings. The standard InChI is InChI=1S/C16H26N2O2/c1-4-18(10-12-6-5-8-19-12)11-16(17)13-7-9-20-14(13)15(16,2)3/h5-6,8,13-14H,4,7,9-11,17H2,1-3H3. The minimum atomic E-state index is -0.156. The van der Waals surface area contributed by atoms with Crippen LogP contribution >= 0.6 is 0 Å². The largest absolute Gasteiger partial charge is 0.468 e. The van der Waals surface area contributed by atoms with Crippen LogP contribution in [0.15, 0.2) is 22.8 Å². The minimum Gasteiger partial charge on any atom is -0.468 e. The van der Waals surface area contributed by atoms with Crippen LogP contribution in [0.3, 0.4) is 0 Å². The fourth-order valence-electron chi connectivity index (χ4n) is 4.07. The molecule has 20 heavy (non-hydrogen) atoms. The number of nitrogens with zero attached hydrogens (tertiary/aromatic N) is 1. The van der Waals surface area contributed by atoms with Crippen LogP contribution in [0.1, 0.15) is 33.0 Å². The van der Waals surface area contributed by atoms with Crippen molar-refractivity contribution in [2.24, 2.45) is 17.1 Å². The van der Waals surface area contributed by atoms with Gasteiger partial charge in [-0.3, -0.25) is 4.90 Å². The zero-order valence-corrected chi connectivity index (χ0v) is 12.8. The van der Waals surface area contributed by atoms with E-state index >= 15 is 0 Å². The first-order valence-corrected chi connectivity index (χ1v) is 7.64. The smallest absolute Gasteiger partial charge is 0.117 e. The molecule has 1 saturated heterocycles. The quantitative estimate of drug-likeness (QED) is 0.897. The maximum atomic E-state index is 6.82. The molecule has 0 spiro atoms. The number of hydrogen-bond donors (Lipinski definition) is 1. The van der Waals surface area contributed by atoms with Crippen LogP contribution < -0.4 is 5.73 Å². The number of furan rings is 1. The molecule has 1 aliphatic heterocycles. The van der Waals surface area contributed by atoms with E-state index in [-0.39, 0.29) is 11.0 Å². The van der Waals surface area contributed by atoms with Gasteiger partial charge in [0.15, 0.2) is 0 Å². The topological polar surface area (TPSA) is 51.6 Å². The van der Waals surface area contributed by atoms with Crippen molar-refractivity contribution >= 4 is 0 Å². The van der Waals surface area contributed by atoms with Crippen molar-refractivity contribution in [3.8, 4) is 0 Å². The summed E-state index contributed by atoms with van der Waals surface area (Å²) in [6.45, 7) is 10.3. The average Bonchev–Trinajstić information content (AvgIpc) is 3.08. The Morgan fingerprint density at radius 2 is 2.25 bits per heavy atom. The summed E-state index contributed by atoms with van der Waals surface area (Å²) in [5.41, 5.74) is 6.71. The summed E-state index contributed by atoms with van der Waals surface area (Å²) in [6.07, 6.45) is 3.17. The molecule has 1 saturated carbocycles. The third kappa shape index (κ3) is 1.93. The molecule has 3 rings (SSSR count). The Balaban J connectivity index is 1.71. The number of rotatable bonds is 5. The molecule has 112 valence electrons.